The van der Waals surface area contributed by atoms with Crippen LogP contribution in [0.5, 0.6) is 11.5 Å². The lowest BCUT2D eigenvalue weighted by Gasteiger charge is -2.15. The molecule has 3 aromatic rings. The Balaban J connectivity index is 1.39. The molecule has 0 atom stereocenters. The molecular weight excluding hydrogens is 514 g/mol. The maximum atomic E-state index is 12.0. The summed E-state index contributed by atoms with van der Waals surface area (Å²) in [5, 5.41) is 12.5. The molecule has 0 fully saturated rings. The molecule has 3 rings (SSSR count). The smallest absolute Gasteiger partial charge is 0.251 e. The van der Waals surface area contributed by atoms with Crippen LogP contribution >= 0.6 is 0 Å². The summed E-state index contributed by atoms with van der Waals surface area (Å²) in [6, 6.07) is 14.9. The Bertz CT molecular complexity index is 1180. The number of hydrogen-bond acceptors (Lipinski definition) is 11. The van der Waals surface area contributed by atoms with Gasteiger partial charge in [-0.1, -0.05) is 30.3 Å². The topological polar surface area (TPSA) is 141 Å². The van der Waals surface area contributed by atoms with Crippen LogP contribution in [-0.2, 0) is 16.0 Å². The van der Waals surface area contributed by atoms with E-state index in [1.807, 2.05) is 50.2 Å². The van der Waals surface area contributed by atoms with E-state index in [1.54, 1.807) is 26.4 Å². The SMILES string of the molecule is COc1cccc(CNc2nc(NCCOCCOCCNC(=O)c3ccccc3)nc(NC(C)C)n2)c1OC. The van der Waals surface area contributed by atoms with E-state index >= 15 is 0 Å². The van der Waals surface area contributed by atoms with Crippen LogP contribution in [0.15, 0.2) is 48.5 Å². The van der Waals surface area contributed by atoms with Gasteiger partial charge >= 0.3 is 0 Å². The van der Waals surface area contributed by atoms with Crippen molar-refractivity contribution in [1.29, 1.82) is 0 Å². The Morgan fingerprint density at radius 2 is 1.45 bits per heavy atom. The second kappa shape index (κ2) is 16.7. The second-order valence-electron chi connectivity index (χ2n) is 8.88. The molecule has 0 radical (unpaired) electrons. The van der Waals surface area contributed by atoms with Gasteiger partial charge in [0.25, 0.3) is 5.91 Å². The molecule has 2 aromatic carbocycles. The number of nitrogens with zero attached hydrogens (tertiary/aromatic N) is 3. The van der Waals surface area contributed by atoms with E-state index in [1.165, 1.54) is 0 Å². The van der Waals surface area contributed by atoms with Gasteiger partial charge in [0, 0.05) is 36.8 Å². The Morgan fingerprint density at radius 1 is 0.775 bits per heavy atom. The van der Waals surface area contributed by atoms with E-state index in [0.29, 0.717) is 81.0 Å². The van der Waals surface area contributed by atoms with Crippen LogP contribution in [0.25, 0.3) is 0 Å². The summed E-state index contributed by atoms with van der Waals surface area (Å²) in [6.07, 6.45) is 0. The van der Waals surface area contributed by atoms with Gasteiger partial charge in [0.1, 0.15) is 0 Å². The van der Waals surface area contributed by atoms with Gasteiger partial charge in [-0.25, -0.2) is 0 Å². The van der Waals surface area contributed by atoms with E-state index in [2.05, 4.69) is 36.2 Å². The number of carbonyl (C=O) groups excluding carboxylic acids is 1. The van der Waals surface area contributed by atoms with Crippen molar-refractivity contribution < 1.29 is 23.7 Å². The number of rotatable bonds is 18. The zero-order chi connectivity index (χ0) is 28.6. The van der Waals surface area contributed by atoms with Gasteiger partial charge in [-0.15, -0.1) is 0 Å². The third kappa shape index (κ3) is 10.2. The van der Waals surface area contributed by atoms with Crippen molar-refractivity contribution in [3.63, 3.8) is 0 Å². The highest BCUT2D eigenvalue weighted by Gasteiger charge is 2.12. The van der Waals surface area contributed by atoms with Gasteiger partial charge in [-0.05, 0) is 32.0 Å². The third-order valence-electron chi connectivity index (χ3n) is 5.44. The van der Waals surface area contributed by atoms with E-state index in [9.17, 15) is 4.79 Å². The molecule has 0 unspecified atom stereocenters. The van der Waals surface area contributed by atoms with Gasteiger partial charge in [0.05, 0.1) is 40.6 Å². The fraction of sp³-hybridized carbons (Fsp3) is 0.429. The molecule has 12 nitrogen and oxygen atoms in total. The molecular formula is C28H39N7O5. The van der Waals surface area contributed by atoms with E-state index in [0.717, 1.165) is 5.56 Å². The van der Waals surface area contributed by atoms with Crippen LogP contribution in [-0.4, -0.2) is 80.6 Å². The monoisotopic (exact) mass is 553 g/mol. The molecule has 0 saturated heterocycles. The predicted octanol–water partition coefficient (Wildman–Crippen LogP) is 3.20. The van der Waals surface area contributed by atoms with Gasteiger partial charge in [-0.3, -0.25) is 4.79 Å². The van der Waals surface area contributed by atoms with Crippen molar-refractivity contribution in [3.8, 4) is 11.5 Å². The molecule has 0 aliphatic carbocycles. The molecule has 0 bridgehead atoms. The summed E-state index contributed by atoms with van der Waals surface area (Å²) in [5.41, 5.74) is 1.54. The molecule has 40 heavy (non-hydrogen) atoms. The number of carbonyl (C=O) groups is 1. The average Bonchev–Trinajstić information content (AvgIpc) is 2.96. The Labute approximate surface area is 235 Å². The average molecular weight is 554 g/mol. The quantitative estimate of drug-likeness (QED) is 0.173. The summed E-state index contributed by atoms with van der Waals surface area (Å²) in [7, 11) is 3.21. The lowest BCUT2D eigenvalue weighted by Crippen LogP contribution is -2.27. The minimum atomic E-state index is -0.116. The fourth-order valence-corrected chi connectivity index (χ4v) is 3.61. The van der Waals surface area contributed by atoms with Crippen LogP contribution in [0.4, 0.5) is 17.8 Å². The Hall–Kier alpha value is -4.16. The first-order chi connectivity index (χ1) is 19.5. The molecule has 0 saturated carbocycles. The lowest BCUT2D eigenvalue weighted by atomic mass is 10.2. The minimum Gasteiger partial charge on any atom is -0.493 e. The number of amides is 1. The zero-order valence-corrected chi connectivity index (χ0v) is 23.5. The molecule has 0 aliphatic heterocycles. The highest BCUT2D eigenvalue weighted by molar-refractivity contribution is 5.94. The standard InChI is InChI=1S/C28H39N7O5/c1-20(2)32-28-34-26(33-27(35-28)31-19-22-11-8-12-23(37-3)24(22)38-4)30-14-16-40-18-17-39-15-13-29-25(36)21-9-6-5-7-10-21/h5-12,20H,13-19H2,1-4H3,(H,29,36)(H3,30,31,32,33,34,35). The number of benzene rings is 2. The van der Waals surface area contributed by atoms with Crippen LogP contribution in [0.3, 0.4) is 0 Å². The maximum absolute atomic E-state index is 12.0. The van der Waals surface area contributed by atoms with Crippen LogP contribution in [0.2, 0.25) is 0 Å². The fourth-order valence-electron chi connectivity index (χ4n) is 3.61. The summed E-state index contributed by atoms with van der Waals surface area (Å²) in [5.74, 6) is 2.49. The van der Waals surface area contributed by atoms with Crippen LogP contribution in [0, 0.1) is 0 Å². The maximum Gasteiger partial charge on any atom is 0.251 e. The normalized spacial score (nSPS) is 10.7. The number of nitrogens with one attached hydrogen (secondary N) is 4. The van der Waals surface area contributed by atoms with Crippen LogP contribution < -0.4 is 30.7 Å². The lowest BCUT2D eigenvalue weighted by molar-refractivity contribution is 0.0519. The van der Waals surface area contributed by atoms with E-state index < -0.39 is 0 Å². The first kappa shape index (κ1) is 30.4. The summed E-state index contributed by atoms with van der Waals surface area (Å²) in [4.78, 5) is 25.4. The number of ether oxygens (including phenoxy) is 4. The Kier molecular flexibility index (Phi) is 12.7. The predicted molar refractivity (Wildman–Crippen MR) is 154 cm³/mol. The van der Waals surface area contributed by atoms with E-state index in [4.69, 9.17) is 18.9 Å². The summed E-state index contributed by atoms with van der Waals surface area (Å²) < 4.78 is 22.0. The van der Waals surface area contributed by atoms with Crippen molar-refractivity contribution in [3.05, 3.63) is 59.7 Å². The van der Waals surface area contributed by atoms with Crippen molar-refractivity contribution in [2.45, 2.75) is 26.4 Å². The largest absolute Gasteiger partial charge is 0.493 e. The molecule has 4 N–H and O–H groups in total. The molecule has 12 heteroatoms. The Morgan fingerprint density at radius 3 is 2.12 bits per heavy atom. The molecule has 216 valence electrons. The highest BCUT2D eigenvalue weighted by atomic mass is 16.5. The number of methoxy groups -OCH3 is 2. The van der Waals surface area contributed by atoms with Crippen LogP contribution in [0.1, 0.15) is 29.8 Å². The number of para-hydroxylation sites is 1. The number of aromatic nitrogens is 3. The van der Waals surface area contributed by atoms with Gasteiger partial charge in [0.15, 0.2) is 11.5 Å². The van der Waals surface area contributed by atoms with Crippen molar-refractivity contribution in [2.24, 2.45) is 0 Å². The van der Waals surface area contributed by atoms with Gasteiger partial charge in [-0.2, -0.15) is 15.0 Å². The summed E-state index contributed by atoms with van der Waals surface area (Å²) in [6.45, 7) is 7.10. The van der Waals surface area contributed by atoms with Crippen molar-refractivity contribution in [2.75, 3.05) is 69.7 Å². The molecule has 1 amide bonds. The molecule has 0 aliphatic rings. The number of anilines is 3. The summed E-state index contributed by atoms with van der Waals surface area (Å²) >= 11 is 0. The number of hydrogen-bond donors (Lipinski definition) is 4. The molecule has 1 heterocycles. The third-order valence-corrected chi connectivity index (χ3v) is 5.44. The second-order valence-corrected chi connectivity index (χ2v) is 8.88. The zero-order valence-electron chi connectivity index (χ0n) is 23.5. The van der Waals surface area contributed by atoms with Gasteiger partial charge in [0.2, 0.25) is 17.8 Å². The van der Waals surface area contributed by atoms with Crippen molar-refractivity contribution in [1.82, 2.24) is 20.3 Å². The van der Waals surface area contributed by atoms with Crippen molar-refractivity contribution >= 4 is 23.8 Å². The molecule has 1 aromatic heterocycles. The first-order valence-electron chi connectivity index (χ1n) is 13.2. The van der Waals surface area contributed by atoms with Gasteiger partial charge < -0.3 is 40.2 Å². The first-order valence-corrected chi connectivity index (χ1v) is 13.2. The minimum absolute atomic E-state index is 0.116. The van der Waals surface area contributed by atoms with E-state index in [-0.39, 0.29) is 11.9 Å². The highest BCUT2D eigenvalue weighted by Crippen LogP contribution is 2.31. The molecule has 0 spiro atoms.